The number of anilines is 1. The quantitative estimate of drug-likeness (QED) is 0.485. The second kappa shape index (κ2) is 9.57. The van der Waals surface area contributed by atoms with Crippen molar-refractivity contribution >= 4 is 35.0 Å². The van der Waals surface area contributed by atoms with Crippen LogP contribution in [0.2, 0.25) is 0 Å². The molecule has 1 aromatic carbocycles. The SMILES string of the molecule is CCOC(=O)/C=C/c1ccc(NC(=O)Cc2csc(-c3ccccn3)n2)cc1. The van der Waals surface area contributed by atoms with Crippen LogP contribution in [0, 0.1) is 0 Å². The van der Waals surface area contributed by atoms with Gasteiger partial charge in [-0.15, -0.1) is 11.3 Å². The zero-order valence-corrected chi connectivity index (χ0v) is 16.1. The van der Waals surface area contributed by atoms with Crippen LogP contribution in [-0.2, 0) is 20.7 Å². The van der Waals surface area contributed by atoms with Crippen molar-refractivity contribution in [3.8, 4) is 10.7 Å². The summed E-state index contributed by atoms with van der Waals surface area (Å²) in [5.74, 6) is -0.527. The molecule has 2 aromatic heterocycles. The van der Waals surface area contributed by atoms with E-state index in [2.05, 4.69) is 15.3 Å². The molecule has 28 heavy (non-hydrogen) atoms. The Kier molecular flexibility index (Phi) is 6.64. The lowest BCUT2D eigenvalue weighted by Crippen LogP contribution is -2.14. The molecular weight excluding hydrogens is 374 g/mol. The van der Waals surface area contributed by atoms with E-state index >= 15 is 0 Å². The molecule has 1 N–H and O–H groups in total. The molecule has 0 saturated heterocycles. The highest BCUT2D eigenvalue weighted by atomic mass is 32.1. The van der Waals surface area contributed by atoms with Gasteiger partial charge in [-0.1, -0.05) is 18.2 Å². The summed E-state index contributed by atoms with van der Waals surface area (Å²) in [6.45, 7) is 2.10. The zero-order chi connectivity index (χ0) is 19.8. The molecule has 0 radical (unpaired) electrons. The summed E-state index contributed by atoms with van der Waals surface area (Å²) >= 11 is 1.47. The minimum atomic E-state index is -0.381. The van der Waals surface area contributed by atoms with Gasteiger partial charge in [-0.25, -0.2) is 9.78 Å². The van der Waals surface area contributed by atoms with Crippen molar-refractivity contribution < 1.29 is 14.3 Å². The summed E-state index contributed by atoms with van der Waals surface area (Å²) in [7, 11) is 0. The molecule has 0 fully saturated rings. The third-order valence-corrected chi connectivity index (χ3v) is 4.58. The average Bonchev–Trinajstić information content (AvgIpc) is 3.17. The largest absolute Gasteiger partial charge is 0.463 e. The van der Waals surface area contributed by atoms with Crippen LogP contribution in [0.3, 0.4) is 0 Å². The fraction of sp³-hybridized carbons (Fsp3) is 0.143. The van der Waals surface area contributed by atoms with Gasteiger partial charge in [0.05, 0.1) is 24.4 Å². The molecule has 2 heterocycles. The Hall–Kier alpha value is -3.32. The molecule has 1 amide bonds. The number of hydrogen-bond donors (Lipinski definition) is 1. The number of nitrogens with zero attached hydrogens (tertiary/aromatic N) is 2. The summed E-state index contributed by atoms with van der Waals surface area (Å²) in [6.07, 6.45) is 4.94. The van der Waals surface area contributed by atoms with Gasteiger partial charge in [0.15, 0.2) is 0 Å². The Balaban J connectivity index is 1.55. The first kappa shape index (κ1) is 19.4. The first-order chi connectivity index (χ1) is 13.6. The number of nitrogens with one attached hydrogen (secondary N) is 1. The van der Waals surface area contributed by atoms with E-state index in [-0.39, 0.29) is 18.3 Å². The monoisotopic (exact) mass is 393 g/mol. The van der Waals surface area contributed by atoms with Crippen molar-refractivity contribution in [1.29, 1.82) is 0 Å². The average molecular weight is 393 g/mol. The van der Waals surface area contributed by atoms with Crippen molar-refractivity contribution in [1.82, 2.24) is 9.97 Å². The minimum Gasteiger partial charge on any atom is -0.463 e. The van der Waals surface area contributed by atoms with Crippen LogP contribution in [0.15, 0.2) is 60.1 Å². The molecule has 0 saturated carbocycles. The van der Waals surface area contributed by atoms with E-state index in [1.807, 2.05) is 35.7 Å². The second-order valence-corrected chi connectivity index (χ2v) is 6.65. The smallest absolute Gasteiger partial charge is 0.330 e. The van der Waals surface area contributed by atoms with Gasteiger partial charge in [-0.2, -0.15) is 0 Å². The van der Waals surface area contributed by atoms with Gasteiger partial charge < -0.3 is 10.1 Å². The molecule has 0 aliphatic rings. The van der Waals surface area contributed by atoms with Crippen LogP contribution in [0.5, 0.6) is 0 Å². The van der Waals surface area contributed by atoms with Crippen LogP contribution in [0.1, 0.15) is 18.2 Å². The van der Waals surface area contributed by atoms with E-state index in [1.165, 1.54) is 17.4 Å². The Morgan fingerprint density at radius 2 is 2.00 bits per heavy atom. The second-order valence-electron chi connectivity index (χ2n) is 5.79. The highest BCUT2D eigenvalue weighted by Crippen LogP contribution is 2.21. The number of amides is 1. The number of pyridine rings is 1. The van der Waals surface area contributed by atoms with Gasteiger partial charge in [-0.05, 0) is 42.8 Å². The van der Waals surface area contributed by atoms with Crippen molar-refractivity contribution in [2.75, 3.05) is 11.9 Å². The topological polar surface area (TPSA) is 81.2 Å². The van der Waals surface area contributed by atoms with E-state index in [9.17, 15) is 9.59 Å². The Morgan fingerprint density at radius 3 is 2.71 bits per heavy atom. The molecule has 0 atom stereocenters. The number of hydrogen-bond acceptors (Lipinski definition) is 6. The molecule has 0 unspecified atom stereocenters. The fourth-order valence-electron chi connectivity index (χ4n) is 2.40. The summed E-state index contributed by atoms with van der Waals surface area (Å²) < 4.78 is 4.83. The number of ether oxygens (including phenoxy) is 1. The Bertz CT molecular complexity index is 966. The molecule has 6 nitrogen and oxygen atoms in total. The highest BCUT2D eigenvalue weighted by molar-refractivity contribution is 7.13. The van der Waals surface area contributed by atoms with E-state index in [0.29, 0.717) is 18.0 Å². The number of carbonyl (C=O) groups excluding carboxylic acids is 2. The van der Waals surface area contributed by atoms with E-state index in [4.69, 9.17) is 4.74 Å². The van der Waals surface area contributed by atoms with Gasteiger partial charge in [0.25, 0.3) is 0 Å². The van der Waals surface area contributed by atoms with Crippen molar-refractivity contribution in [3.63, 3.8) is 0 Å². The number of aromatic nitrogens is 2. The lowest BCUT2D eigenvalue weighted by atomic mass is 10.2. The van der Waals surface area contributed by atoms with E-state index < -0.39 is 0 Å². The third-order valence-electron chi connectivity index (χ3n) is 3.67. The van der Waals surface area contributed by atoms with Crippen molar-refractivity contribution in [2.24, 2.45) is 0 Å². The summed E-state index contributed by atoms with van der Waals surface area (Å²) in [6, 6.07) is 12.8. The van der Waals surface area contributed by atoms with Crippen molar-refractivity contribution in [3.05, 3.63) is 71.4 Å². The summed E-state index contributed by atoms with van der Waals surface area (Å²) in [5, 5.41) is 5.51. The number of thiazole rings is 1. The fourth-order valence-corrected chi connectivity index (χ4v) is 3.19. The van der Waals surface area contributed by atoms with Gasteiger partial charge in [0, 0.05) is 23.3 Å². The van der Waals surface area contributed by atoms with Crippen molar-refractivity contribution in [2.45, 2.75) is 13.3 Å². The molecule has 3 aromatic rings. The number of esters is 1. The maximum absolute atomic E-state index is 12.3. The summed E-state index contributed by atoms with van der Waals surface area (Å²) in [5.41, 5.74) is 3.02. The summed E-state index contributed by atoms with van der Waals surface area (Å²) in [4.78, 5) is 32.3. The number of rotatable bonds is 7. The van der Waals surface area contributed by atoms with Gasteiger partial charge in [-0.3, -0.25) is 9.78 Å². The van der Waals surface area contributed by atoms with Gasteiger partial charge in [0.1, 0.15) is 5.01 Å². The van der Waals surface area contributed by atoms with Crippen LogP contribution in [-0.4, -0.2) is 28.5 Å². The van der Waals surface area contributed by atoms with Crippen LogP contribution in [0.4, 0.5) is 5.69 Å². The number of carbonyl (C=O) groups is 2. The number of benzene rings is 1. The molecular formula is C21H19N3O3S. The molecule has 7 heteroatoms. The molecule has 0 aliphatic heterocycles. The van der Waals surface area contributed by atoms with Crippen LogP contribution >= 0.6 is 11.3 Å². The highest BCUT2D eigenvalue weighted by Gasteiger charge is 2.10. The Morgan fingerprint density at radius 1 is 1.18 bits per heavy atom. The first-order valence-electron chi connectivity index (χ1n) is 8.74. The first-order valence-corrected chi connectivity index (χ1v) is 9.62. The normalized spacial score (nSPS) is 10.8. The van der Waals surface area contributed by atoms with Crippen LogP contribution < -0.4 is 5.32 Å². The molecule has 3 rings (SSSR count). The Labute approximate surface area is 166 Å². The van der Waals surface area contributed by atoms with E-state index in [1.54, 1.807) is 31.3 Å². The maximum atomic E-state index is 12.3. The van der Waals surface area contributed by atoms with Gasteiger partial charge >= 0.3 is 5.97 Å². The molecule has 142 valence electrons. The standard InChI is InChI=1S/C21H19N3O3S/c1-2-27-20(26)11-8-15-6-9-16(10-7-15)23-19(25)13-17-14-28-21(24-17)18-5-3-4-12-22-18/h3-12,14H,2,13H2,1H3,(H,23,25)/b11-8+. The zero-order valence-electron chi connectivity index (χ0n) is 15.3. The molecule has 0 spiro atoms. The lowest BCUT2D eigenvalue weighted by Gasteiger charge is -2.04. The molecule has 0 aliphatic carbocycles. The third kappa shape index (κ3) is 5.59. The van der Waals surface area contributed by atoms with Crippen LogP contribution in [0.25, 0.3) is 16.8 Å². The van der Waals surface area contributed by atoms with Gasteiger partial charge in [0.2, 0.25) is 5.91 Å². The minimum absolute atomic E-state index is 0.146. The predicted molar refractivity (Wildman–Crippen MR) is 110 cm³/mol. The van der Waals surface area contributed by atoms with E-state index in [0.717, 1.165) is 16.3 Å². The maximum Gasteiger partial charge on any atom is 0.330 e. The lowest BCUT2D eigenvalue weighted by molar-refractivity contribution is -0.137. The molecule has 0 bridgehead atoms. The predicted octanol–water partition coefficient (Wildman–Crippen LogP) is 3.96.